The van der Waals surface area contributed by atoms with Crippen LogP contribution in [0.25, 0.3) is 10.9 Å². The molecular formula is C20H19N3O5. The maximum atomic E-state index is 12.4. The maximum absolute atomic E-state index is 12.4. The zero-order valence-electron chi connectivity index (χ0n) is 15.1. The molecule has 0 saturated carbocycles. The molecule has 144 valence electrons. The summed E-state index contributed by atoms with van der Waals surface area (Å²) in [7, 11) is 1.43. The molecule has 28 heavy (non-hydrogen) atoms. The van der Waals surface area contributed by atoms with Crippen molar-refractivity contribution in [3.8, 4) is 11.5 Å². The van der Waals surface area contributed by atoms with Crippen LogP contribution >= 0.6 is 0 Å². The van der Waals surface area contributed by atoms with Crippen molar-refractivity contribution in [3.05, 3.63) is 70.0 Å². The van der Waals surface area contributed by atoms with Gasteiger partial charge < -0.3 is 25.5 Å². The molecule has 2 amide bonds. The predicted molar refractivity (Wildman–Crippen MR) is 103 cm³/mol. The molecule has 3 rings (SSSR count). The number of ether oxygens (including phenoxy) is 1. The van der Waals surface area contributed by atoms with Crippen molar-refractivity contribution < 1.29 is 19.4 Å². The zero-order valence-corrected chi connectivity index (χ0v) is 15.1. The van der Waals surface area contributed by atoms with Crippen molar-refractivity contribution in [2.45, 2.75) is 6.54 Å². The van der Waals surface area contributed by atoms with Gasteiger partial charge in [0.15, 0.2) is 11.5 Å². The number of H-pyrrole nitrogens is 1. The highest BCUT2D eigenvalue weighted by molar-refractivity contribution is 5.98. The van der Waals surface area contributed by atoms with Crippen molar-refractivity contribution in [1.82, 2.24) is 15.6 Å². The second kappa shape index (κ2) is 8.26. The van der Waals surface area contributed by atoms with E-state index in [0.29, 0.717) is 16.7 Å². The summed E-state index contributed by atoms with van der Waals surface area (Å²) in [5, 5.41) is 15.1. The molecule has 1 heterocycles. The number of rotatable bonds is 6. The molecule has 8 heteroatoms. The Morgan fingerprint density at radius 3 is 2.71 bits per heavy atom. The van der Waals surface area contributed by atoms with Gasteiger partial charge in [-0.15, -0.1) is 0 Å². The molecule has 0 saturated heterocycles. The minimum atomic E-state index is -0.631. The third-order valence-corrected chi connectivity index (χ3v) is 4.18. The summed E-state index contributed by atoms with van der Waals surface area (Å²) in [6.07, 6.45) is 1.33. The standard InChI is InChI=1S/C20H19N3O5/c1-28-17-8-12(6-7-16(17)24)9-22-18(25)11-23-20(27)14-10-21-15-5-3-2-4-13(15)19(14)26/h2-8,10,24H,9,11H2,1H3,(H,21,26)(H,22,25)(H,23,27). The van der Waals surface area contributed by atoms with Gasteiger partial charge in [0.1, 0.15) is 5.56 Å². The Kier molecular flexibility index (Phi) is 5.59. The van der Waals surface area contributed by atoms with Crippen molar-refractivity contribution in [1.29, 1.82) is 0 Å². The van der Waals surface area contributed by atoms with Gasteiger partial charge in [0.2, 0.25) is 11.3 Å². The first-order chi connectivity index (χ1) is 13.5. The number of pyridine rings is 1. The minimum absolute atomic E-state index is 0.00504. The Labute approximate surface area is 160 Å². The molecule has 8 nitrogen and oxygen atoms in total. The van der Waals surface area contributed by atoms with Crippen LogP contribution in [0.15, 0.2) is 53.5 Å². The highest BCUT2D eigenvalue weighted by atomic mass is 16.5. The number of fused-ring (bicyclic) bond motifs is 1. The number of benzene rings is 2. The summed E-state index contributed by atoms with van der Waals surface area (Å²) < 4.78 is 5.01. The second-order valence-electron chi connectivity index (χ2n) is 6.04. The fourth-order valence-corrected chi connectivity index (χ4v) is 2.69. The first-order valence-corrected chi connectivity index (χ1v) is 8.51. The summed E-state index contributed by atoms with van der Waals surface area (Å²) in [6.45, 7) is -0.0811. The molecule has 0 aliphatic carbocycles. The van der Waals surface area contributed by atoms with E-state index < -0.39 is 17.2 Å². The van der Waals surface area contributed by atoms with Crippen molar-refractivity contribution in [2.75, 3.05) is 13.7 Å². The number of phenolic OH excluding ortho intramolecular Hbond substituents is 1. The summed E-state index contributed by atoms with van der Waals surface area (Å²) >= 11 is 0. The normalized spacial score (nSPS) is 10.5. The number of nitrogens with one attached hydrogen (secondary N) is 3. The van der Waals surface area contributed by atoms with Gasteiger partial charge in [0.05, 0.1) is 13.7 Å². The molecule has 0 bridgehead atoms. The molecule has 0 aliphatic heterocycles. The topological polar surface area (TPSA) is 121 Å². The number of aromatic hydroxyl groups is 1. The quantitative estimate of drug-likeness (QED) is 0.513. The van der Waals surface area contributed by atoms with Gasteiger partial charge in [-0.2, -0.15) is 0 Å². The summed E-state index contributed by atoms with van der Waals surface area (Å²) in [4.78, 5) is 39.5. The van der Waals surface area contributed by atoms with E-state index in [-0.39, 0.29) is 24.4 Å². The first-order valence-electron chi connectivity index (χ1n) is 8.51. The average Bonchev–Trinajstić information content (AvgIpc) is 2.71. The van der Waals surface area contributed by atoms with Crippen LogP contribution in [0.2, 0.25) is 0 Å². The SMILES string of the molecule is COc1cc(CNC(=O)CNC(=O)c2c[nH]c3ccccc3c2=O)ccc1O. The van der Waals surface area contributed by atoms with Crippen LogP contribution in [-0.4, -0.2) is 35.6 Å². The fraction of sp³-hybridized carbons (Fsp3) is 0.150. The highest BCUT2D eigenvalue weighted by Gasteiger charge is 2.14. The third kappa shape index (κ3) is 4.12. The number of carbonyl (C=O) groups excluding carboxylic acids is 2. The lowest BCUT2D eigenvalue weighted by molar-refractivity contribution is -0.120. The molecule has 0 unspecified atom stereocenters. The van der Waals surface area contributed by atoms with E-state index >= 15 is 0 Å². The molecule has 0 aliphatic rings. The minimum Gasteiger partial charge on any atom is -0.504 e. The number of aromatic nitrogens is 1. The van der Waals surface area contributed by atoms with Crippen LogP contribution in [0.3, 0.4) is 0 Å². The van der Waals surface area contributed by atoms with E-state index in [1.54, 1.807) is 36.4 Å². The van der Waals surface area contributed by atoms with E-state index in [2.05, 4.69) is 15.6 Å². The lowest BCUT2D eigenvalue weighted by atomic mass is 10.1. The predicted octanol–water partition coefficient (Wildman–Crippen LogP) is 1.29. The number of aromatic amines is 1. The maximum Gasteiger partial charge on any atom is 0.257 e. The lowest BCUT2D eigenvalue weighted by Gasteiger charge is -2.09. The van der Waals surface area contributed by atoms with Gasteiger partial charge in [0, 0.05) is 23.6 Å². The number of amides is 2. The van der Waals surface area contributed by atoms with Gasteiger partial charge in [-0.25, -0.2) is 0 Å². The number of hydrogen-bond acceptors (Lipinski definition) is 5. The van der Waals surface area contributed by atoms with E-state index in [1.165, 1.54) is 19.4 Å². The molecular weight excluding hydrogens is 362 g/mol. The van der Waals surface area contributed by atoms with Crippen LogP contribution in [0.4, 0.5) is 0 Å². The van der Waals surface area contributed by atoms with Crippen LogP contribution in [0.5, 0.6) is 11.5 Å². The van der Waals surface area contributed by atoms with Crippen LogP contribution in [0.1, 0.15) is 15.9 Å². The fourth-order valence-electron chi connectivity index (χ4n) is 2.69. The molecule has 2 aromatic carbocycles. The summed E-state index contributed by atoms with van der Waals surface area (Å²) in [5.41, 5.74) is 0.893. The molecule has 3 aromatic rings. The summed E-state index contributed by atoms with van der Waals surface area (Å²) in [5.74, 6) is -0.743. The Bertz CT molecular complexity index is 1090. The molecule has 0 fully saturated rings. The van der Waals surface area contributed by atoms with E-state index in [0.717, 1.165) is 5.56 Å². The first kappa shape index (κ1) is 19.0. The highest BCUT2D eigenvalue weighted by Crippen LogP contribution is 2.26. The lowest BCUT2D eigenvalue weighted by Crippen LogP contribution is -2.38. The molecule has 0 spiro atoms. The van der Waals surface area contributed by atoms with Crippen LogP contribution < -0.4 is 20.8 Å². The molecule has 4 N–H and O–H groups in total. The van der Waals surface area contributed by atoms with Gasteiger partial charge in [-0.1, -0.05) is 18.2 Å². The average molecular weight is 381 g/mol. The Morgan fingerprint density at radius 2 is 1.93 bits per heavy atom. The number of phenols is 1. The summed E-state index contributed by atoms with van der Waals surface area (Å²) in [6, 6.07) is 11.6. The van der Waals surface area contributed by atoms with E-state index in [4.69, 9.17) is 4.74 Å². The van der Waals surface area contributed by atoms with Crippen molar-refractivity contribution in [3.63, 3.8) is 0 Å². The number of para-hydroxylation sites is 1. The van der Waals surface area contributed by atoms with Crippen molar-refractivity contribution >= 4 is 22.7 Å². The Morgan fingerprint density at radius 1 is 1.14 bits per heavy atom. The van der Waals surface area contributed by atoms with Crippen LogP contribution in [-0.2, 0) is 11.3 Å². The molecule has 0 radical (unpaired) electrons. The molecule has 0 atom stereocenters. The Hall–Kier alpha value is -3.81. The van der Waals surface area contributed by atoms with Gasteiger partial charge in [-0.3, -0.25) is 14.4 Å². The Balaban J connectivity index is 1.58. The zero-order chi connectivity index (χ0) is 20.1. The van der Waals surface area contributed by atoms with Crippen molar-refractivity contribution in [2.24, 2.45) is 0 Å². The monoisotopic (exact) mass is 381 g/mol. The largest absolute Gasteiger partial charge is 0.504 e. The molecule has 1 aromatic heterocycles. The number of hydrogen-bond donors (Lipinski definition) is 4. The van der Waals surface area contributed by atoms with Crippen LogP contribution in [0, 0.1) is 0 Å². The van der Waals surface area contributed by atoms with Gasteiger partial charge in [0.25, 0.3) is 5.91 Å². The smallest absolute Gasteiger partial charge is 0.257 e. The van der Waals surface area contributed by atoms with E-state index in [9.17, 15) is 19.5 Å². The third-order valence-electron chi connectivity index (χ3n) is 4.18. The van der Waals surface area contributed by atoms with Gasteiger partial charge in [-0.05, 0) is 29.8 Å². The van der Waals surface area contributed by atoms with Gasteiger partial charge >= 0.3 is 0 Å². The number of methoxy groups -OCH3 is 1. The van der Waals surface area contributed by atoms with E-state index in [1.807, 2.05) is 0 Å². The second-order valence-corrected chi connectivity index (χ2v) is 6.04. The number of carbonyl (C=O) groups is 2.